The Morgan fingerprint density at radius 1 is 1.47 bits per heavy atom. The van der Waals surface area contributed by atoms with Gasteiger partial charge in [-0.1, -0.05) is 18.9 Å². The van der Waals surface area contributed by atoms with Crippen LogP contribution in [0.15, 0.2) is 18.2 Å². The maximum Gasteiger partial charge on any atom is 0.317 e. The van der Waals surface area contributed by atoms with Gasteiger partial charge in [-0.15, -0.1) is 0 Å². The molecule has 1 N–H and O–H groups in total. The van der Waals surface area contributed by atoms with Crippen molar-refractivity contribution in [3.63, 3.8) is 0 Å². The lowest BCUT2D eigenvalue weighted by Crippen LogP contribution is -2.37. The molecule has 0 radical (unpaired) electrons. The first-order valence-electron chi connectivity index (χ1n) is 6.65. The van der Waals surface area contributed by atoms with Gasteiger partial charge in [0.2, 0.25) is 5.88 Å². The van der Waals surface area contributed by atoms with Crippen LogP contribution in [0.1, 0.15) is 31.4 Å². The Kier molecular flexibility index (Phi) is 4.74. The highest BCUT2D eigenvalue weighted by Gasteiger charge is 2.24. The molecule has 2 rings (SSSR count). The summed E-state index contributed by atoms with van der Waals surface area (Å²) in [5, 5.41) is 9.04. The number of carboxylic acid groups (broad SMARTS) is 1. The number of aliphatic carboxylic acids is 1. The number of hydrogen-bond acceptors (Lipinski definition) is 4. The van der Waals surface area contributed by atoms with Crippen molar-refractivity contribution >= 4 is 5.97 Å². The van der Waals surface area contributed by atoms with Crippen molar-refractivity contribution in [2.75, 3.05) is 13.7 Å². The standard InChI is InChI=1S/C14H20N2O3/c1-19-13-8-4-5-11(15-13)9-16(10-14(17)18)12-6-2-3-7-12/h4-5,8,12H,2-3,6-7,9-10H2,1H3,(H,17,18). The minimum atomic E-state index is -0.783. The lowest BCUT2D eigenvalue weighted by molar-refractivity contribution is -0.139. The molecule has 0 amide bonds. The summed E-state index contributed by atoms with van der Waals surface area (Å²) in [4.78, 5) is 17.4. The number of rotatable bonds is 6. The second-order valence-corrected chi connectivity index (χ2v) is 4.91. The first-order valence-corrected chi connectivity index (χ1v) is 6.65. The van der Waals surface area contributed by atoms with Crippen LogP contribution in [0.2, 0.25) is 0 Å². The van der Waals surface area contributed by atoms with Crippen LogP contribution < -0.4 is 4.74 Å². The van der Waals surface area contributed by atoms with Gasteiger partial charge >= 0.3 is 5.97 Å². The van der Waals surface area contributed by atoms with Gasteiger partial charge in [0.05, 0.1) is 19.3 Å². The fraction of sp³-hybridized carbons (Fsp3) is 0.571. The molecule has 1 aromatic rings. The molecule has 1 heterocycles. The SMILES string of the molecule is COc1cccc(CN(CC(=O)O)C2CCCC2)n1. The van der Waals surface area contributed by atoms with Crippen LogP contribution in [0.3, 0.4) is 0 Å². The Labute approximate surface area is 113 Å². The molecule has 104 valence electrons. The lowest BCUT2D eigenvalue weighted by atomic mass is 10.2. The second-order valence-electron chi connectivity index (χ2n) is 4.91. The molecule has 1 aliphatic carbocycles. The highest BCUT2D eigenvalue weighted by molar-refractivity contribution is 5.69. The average molecular weight is 264 g/mol. The van der Waals surface area contributed by atoms with Gasteiger partial charge in [0.1, 0.15) is 0 Å². The van der Waals surface area contributed by atoms with Gasteiger partial charge in [0.15, 0.2) is 0 Å². The van der Waals surface area contributed by atoms with Crippen molar-refractivity contribution in [3.05, 3.63) is 23.9 Å². The van der Waals surface area contributed by atoms with E-state index in [9.17, 15) is 4.79 Å². The summed E-state index contributed by atoms with van der Waals surface area (Å²) in [5.74, 6) is -0.214. The van der Waals surface area contributed by atoms with Gasteiger partial charge in [-0.05, 0) is 18.9 Å². The Balaban J connectivity index is 2.07. The zero-order valence-corrected chi connectivity index (χ0v) is 11.2. The van der Waals surface area contributed by atoms with Crippen molar-refractivity contribution < 1.29 is 14.6 Å². The van der Waals surface area contributed by atoms with E-state index in [0.717, 1.165) is 18.5 Å². The molecule has 5 heteroatoms. The van der Waals surface area contributed by atoms with Crippen LogP contribution in [-0.2, 0) is 11.3 Å². The number of pyridine rings is 1. The third kappa shape index (κ3) is 3.92. The molecule has 0 atom stereocenters. The summed E-state index contributed by atoms with van der Waals surface area (Å²) in [6.07, 6.45) is 4.53. The predicted octanol–water partition coefficient (Wildman–Crippen LogP) is 1.92. The van der Waals surface area contributed by atoms with Crippen LogP contribution in [0, 0.1) is 0 Å². The summed E-state index contributed by atoms with van der Waals surface area (Å²) in [6, 6.07) is 5.95. The van der Waals surface area contributed by atoms with Crippen LogP contribution in [0.25, 0.3) is 0 Å². The summed E-state index contributed by atoms with van der Waals surface area (Å²) in [5.41, 5.74) is 0.854. The lowest BCUT2D eigenvalue weighted by Gasteiger charge is -2.26. The van der Waals surface area contributed by atoms with E-state index in [1.54, 1.807) is 13.2 Å². The molecule has 0 bridgehead atoms. The quantitative estimate of drug-likeness (QED) is 0.850. The Hall–Kier alpha value is -1.62. The zero-order chi connectivity index (χ0) is 13.7. The van der Waals surface area contributed by atoms with Crippen LogP contribution in [-0.4, -0.2) is 40.7 Å². The van der Waals surface area contributed by atoms with Gasteiger partial charge in [-0.25, -0.2) is 4.98 Å². The molecule has 19 heavy (non-hydrogen) atoms. The predicted molar refractivity (Wildman–Crippen MR) is 71.1 cm³/mol. The maximum atomic E-state index is 11.0. The first kappa shape index (κ1) is 13.8. The number of ether oxygens (including phenoxy) is 1. The summed E-state index contributed by atoms with van der Waals surface area (Å²) >= 11 is 0. The fourth-order valence-corrected chi connectivity index (χ4v) is 2.62. The number of hydrogen-bond donors (Lipinski definition) is 1. The van der Waals surface area contributed by atoms with Gasteiger partial charge in [0.25, 0.3) is 0 Å². The minimum Gasteiger partial charge on any atom is -0.481 e. The number of aromatic nitrogens is 1. The van der Waals surface area contributed by atoms with Gasteiger partial charge in [0, 0.05) is 18.7 Å². The summed E-state index contributed by atoms with van der Waals surface area (Å²) < 4.78 is 5.10. The Morgan fingerprint density at radius 3 is 2.84 bits per heavy atom. The van der Waals surface area contributed by atoms with E-state index < -0.39 is 5.97 Å². The number of methoxy groups -OCH3 is 1. The highest BCUT2D eigenvalue weighted by Crippen LogP contribution is 2.24. The van der Waals surface area contributed by atoms with Crippen molar-refractivity contribution in [1.29, 1.82) is 0 Å². The number of nitrogens with zero attached hydrogens (tertiary/aromatic N) is 2. The van der Waals surface area contributed by atoms with Crippen LogP contribution >= 0.6 is 0 Å². The van der Waals surface area contributed by atoms with Gasteiger partial charge in [-0.2, -0.15) is 0 Å². The van der Waals surface area contributed by atoms with Crippen molar-refractivity contribution in [3.8, 4) is 5.88 Å². The maximum absolute atomic E-state index is 11.0. The summed E-state index contributed by atoms with van der Waals surface area (Å²) in [7, 11) is 1.58. The largest absolute Gasteiger partial charge is 0.481 e. The normalized spacial score (nSPS) is 15.9. The minimum absolute atomic E-state index is 0.0730. The number of carboxylic acids is 1. The molecule has 1 aliphatic rings. The molecule has 0 unspecified atom stereocenters. The molecule has 0 aliphatic heterocycles. The van der Waals surface area contributed by atoms with E-state index in [1.807, 2.05) is 17.0 Å². The fourth-order valence-electron chi connectivity index (χ4n) is 2.62. The topological polar surface area (TPSA) is 62.7 Å². The van der Waals surface area contributed by atoms with E-state index in [-0.39, 0.29) is 6.54 Å². The molecule has 1 saturated carbocycles. The third-order valence-corrected chi connectivity index (χ3v) is 3.53. The summed E-state index contributed by atoms with van der Waals surface area (Å²) in [6.45, 7) is 0.637. The zero-order valence-electron chi connectivity index (χ0n) is 11.2. The molecule has 1 aromatic heterocycles. The Morgan fingerprint density at radius 2 is 2.21 bits per heavy atom. The van der Waals surface area contributed by atoms with E-state index >= 15 is 0 Å². The van der Waals surface area contributed by atoms with Crippen molar-refractivity contribution in [2.24, 2.45) is 0 Å². The van der Waals surface area contributed by atoms with Crippen molar-refractivity contribution in [1.82, 2.24) is 9.88 Å². The monoisotopic (exact) mass is 264 g/mol. The second kappa shape index (κ2) is 6.52. The van der Waals surface area contributed by atoms with Crippen molar-refractivity contribution in [2.45, 2.75) is 38.3 Å². The smallest absolute Gasteiger partial charge is 0.317 e. The molecular formula is C14H20N2O3. The van der Waals surface area contributed by atoms with Crippen LogP contribution in [0.5, 0.6) is 5.88 Å². The van der Waals surface area contributed by atoms with Gasteiger partial charge < -0.3 is 9.84 Å². The molecule has 1 fully saturated rings. The molecule has 0 spiro atoms. The van der Waals surface area contributed by atoms with Gasteiger partial charge in [-0.3, -0.25) is 9.69 Å². The van der Waals surface area contributed by atoms with E-state index in [4.69, 9.17) is 9.84 Å². The van der Waals surface area contributed by atoms with Crippen LogP contribution in [0.4, 0.5) is 0 Å². The van der Waals surface area contributed by atoms with E-state index in [1.165, 1.54) is 12.8 Å². The molecule has 0 saturated heterocycles. The van der Waals surface area contributed by atoms with E-state index in [2.05, 4.69) is 4.98 Å². The average Bonchev–Trinajstić information content (AvgIpc) is 2.91. The third-order valence-electron chi connectivity index (χ3n) is 3.53. The first-order chi connectivity index (χ1) is 9.19. The molecule has 0 aromatic carbocycles. The van der Waals surface area contributed by atoms with E-state index in [0.29, 0.717) is 18.5 Å². The Bertz CT molecular complexity index is 430. The molecule has 5 nitrogen and oxygen atoms in total. The molecular weight excluding hydrogens is 244 g/mol. The number of carbonyl (C=O) groups is 1. The highest BCUT2D eigenvalue weighted by atomic mass is 16.5.